The topological polar surface area (TPSA) is 61.9 Å². The molecule has 2 aromatic rings. The fourth-order valence-electron chi connectivity index (χ4n) is 3.90. The number of anilines is 2. The van der Waals surface area contributed by atoms with Crippen molar-refractivity contribution in [1.29, 1.82) is 0 Å². The van der Waals surface area contributed by atoms with Crippen LogP contribution in [-0.2, 0) is 11.2 Å². The Bertz CT molecular complexity index is 916. The van der Waals surface area contributed by atoms with E-state index in [1.54, 1.807) is 4.90 Å². The Morgan fingerprint density at radius 1 is 1.21 bits per heavy atom. The predicted octanol–water partition coefficient (Wildman–Crippen LogP) is 4.33. The van der Waals surface area contributed by atoms with E-state index < -0.39 is 11.9 Å². The van der Waals surface area contributed by atoms with Crippen LogP contribution in [0, 0.1) is 12.7 Å². The molecule has 0 aromatic heterocycles. The molecule has 0 radical (unpaired) electrons. The third-order valence-electron chi connectivity index (χ3n) is 5.49. The fraction of sp³-hybridized carbons (Fsp3) is 0.364. The predicted molar refractivity (Wildman–Crippen MR) is 109 cm³/mol. The van der Waals surface area contributed by atoms with E-state index in [4.69, 9.17) is 4.74 Å². The first-order valence-corrected chi connectivity index (χ1v) is 9.88. The van der Waals surface area contributed by atoms with E-state index in [2.05, 4.69) is 29.6 Å². The molecule has 152 valence electrons. The fourth-order valence-corrected chi connectivity index (χ4v) is 3.90. The van der Waals surface area contributed by atoms with Crippen molar-refractivity contribution in [3.63, 3.8) is 0 Å². The number of amides is 3. The van der Waals surface area contributed by atoms with Gasteiger partial charge in [-0.15, -0.1) is 0 Å². The maximum atomic E-state index is 14.3. The number of aryl methyl sites for hydroxylation is 1. The molecule has 1 atom stereocenters. The average Bonchev–Trinajstić information content (AvgIpc) is 3.34. The Balaban J connectivity index is 1.46. The molecule has 0 aliphatic carbocycles. The van der Waals surface area contributed by atoms with Crippen LogP contribution in [0.4, 0.5) is 25.4 Å². The Morgan fingerprint density at radius 2 is 2.00 bits per heavy atom. The second-order valence-corrected chi connectivity index (χ2v) is 7.54. The lowest BCUT2D eigenvalue weighted by molar-refractivity contribution is 0.181. The number of halogens is 1. The number of hydrogen-bond donors (Lipinski definition) is 1. The molecule has 29 heavy (non-hydrogen) atoms. The zero-order valence-corrected chi connectivity index (χ0v) is 16.4. The van der Waals surface area contributed by atoms with Gasteiger partial charge < -0.3 is 15.0 Å². The highest BCUT2D eigenvalue weighted by Crippen LogP contribution is 2.27. The first-order chi connectivity index (χ1) is 14.0. The third kappa shape index (κ3) is 4.18. The van der Waals surface area contributed by atoms with Gasteiger partial charge in [0.15, 0.2) is 0 Å². The van der Waals surface area contributed by atoms with Crippen molar-refractivity contribution in [3.8, 4) is 0 Å². The zero-order valence-electron chi connectivity index (χ0n) is 16.4. The number of nitrogens with zero attached hydrogens (tertiary/aromatic N) is 2. The maximum absolute atomic E-state index is 14.3. The van der Waals surface area contributed by atoms with E-state index in [0.29, 0.717) is 25.4 Å². The molecule has 1 N–H and O–H groups in total. The van der Waals surface area contributed by atoms with Gasteiger partial charge in [-0.05, 0) is 49.9 Å². The van der Waals surface area contributed by atoms with Crippen LogP contribution in [0.1, 0.15) is 24.0 Å². The smallest absolute Gasteiger partial charge is 0.414 e. The van der Waals surface area contributed by atoms with E-state index in [9.17, 15) is 14.0 Å². The molecular formula is C22H24FN3O3. The number of ether oxygens (including phenoxy) is 1. The van der Waals surface area contributed by atoms with Crippen LogP contribution in [0.15, 0.2) is 42.5 Å². The number of cyclic esters (lactones) is 1. The Labute approximate surface area is 169 Å². The van der Waals surface area contributed by atoms with Gasteiger partial charge in [0.25, 0.3) is 0 Å². The second-order valence-electron chi connectivity index (χ2n) is 7.54. The second kappa shape index (κ2) is 8.11. The highest BCUT2D eigenvalue weighted by atomic mass is 19.1. The molecule has 2 saturated heterocycles. The SMILES string of the molecule is Cc1ccc(C[C@@H]2CCCN2C(=O)Nc2cc(N3CCOC3=O)ccc2F)cc1. The molecule has 0 unspecified atom stereocenters. The highest BCUT2D eigenvalue weighted by Gasteiger charge is 2.30. The van der Waals surface area contributed by atoms with Gasteiger partial charge in [-0.25, -0.2) is 14.0 Å². The minimum absolute atomic E-state index is 0.0631. The summed E-state index contributed by atoms with van der Waals surface area (Å²) in [6.45, 7) is 3.39. The summed E-state index contributed by atoms with van der Waals surface area (Å²) >= 11 is 0. The largest absolute Gasteiger partial charge is 0.447 e. The molecule has 2 fully saturated rings. The monoisotopic (exact) mass is 397 g/mol. The van der Waals surface area contributed by atoms with E-state index in [-0.39, 0.29) is 17.8 Å². The molecule has 0 bridgehead atoms. The summed E-state index contributed by atoms with van der Waals surface area (Å²) in [4.78, 5) is 27.8. The lowest BCUT2D eigenvalue weighted by Gasteiger charge is -2.25. The maximum Gasteiger partial charge on any atom is 0.414 e. The van der Waals surface area contributed by atoms with Crippen molar-refractivity contribution < 1.29 is 18.7 Å². The number of rotatable bonds is 4. The van der Waals surface area contributed by atoms with Gasteiger partial charge in [0.2, 0.25) is 0 Å². The van der Waals surface area contributed by atoms with Gasteiger partial charge in [0, 0.05) is 18.3 Å². The Morgan fingerprint density at radius 3 is 2.72 bits per heavy atom. The van der Waals surface area contributed by atoms with Gasteiger partial charge >= 0.3 is 12.1 Å². The normalized spacial score (nSPS) is 18.8. The lowest BCUT2D eigenvalue weighted by atomic mass is 10.0. The van der Waals surface area contributed by atoms with Crippen molar-refractivity contribution in [1.82, 2.24) is 4.90 Å². The van der Waals surface area contributed by atoms with Crippen molar-refractivity contribution in [2.24, 2.45) is 0 Å². The molecule has 7 heteroatoms. The van der Waals surface area contributed by atoms with Crippen molar-refractivity contribution in [2.45, 2.75) is 32.2 Å². The summed E-state index contributed by atoms with van der Waals surface area (Å²) in [5, 5.41) is 2.69. The average molecular weight is 397 g/mol. The highest BCUT2D eigenvalue weighted by molar-refractivity contribution is 5.93. The summed E-state index contributed by atoms with van der Waals surface area (Å²) in [6, 6.07) is 12.3. The van der Waals surface area contributed by atoms with Crippen LogP contribution < -0.4 is 10.2 Å². The Hall–Kier alpha value is -3.09. The minimum atomic E-state index is -0.538. The van der Waals surface area contributed by atoms with Crippen LogP contribution >= 0.6 is 0 Å². The van der Waals surface area contributed by atoms with E-state index >= 15 is 0 Å². The zero-order chi connectivity index (χ0) is 20.4. The molecule has 6 nitrogen and oxygen atoms in total. The van der Waals surface area contributed by atoms with Crippen molar-refractivity contribution in [2.75, 3.05) is 29.9 Å². The van der Waals surface area contributed by atoms with Gasteiger partial charge in [0.05, 0.1) is 12.2 Å². The number of urea groups is 1. The number of likely N-dealkylation sites (tertiary alicyclic amines) is 1. The lowest BCUT2D eigenvalue weighted by Crippen LogP contribution is -2.40. The molecule has 2 aromatic carbocycles. The molecule has 0 saturated carbocycles. The standard InChI is InChI=1S/C22H24FN3O3/c1-15-4-6-16(7-5-15)13-17-3-2-10-25(17)21(27)24-20-14-18(8-9-19(20)23)26-11-12-29-22(26)28/h4-9,14,17H,2-3,10-13H2,1H3,(H,24,27)/t17-/m0/s1. The van der Waals surface area contributed by atoms with Crippen LogP contribution in [0.5, 0.6) is 0 Å². The number of carbonyl (C=O) groups excluding carboxylic acids is 2. The summed E-state index contributed by atoms with van der Waals surface area (Å²) < 4.78 is 19.2. The van der Waals surface area contributed by atoms with Gasteiger partial charge in [-0.2, -0.15) is 0 Å². The molecule has 2 heterocycles. The summed E-state index contributed by atoms with van der Waals surface area (Å²) in [7, 11) is 0. The molecule has 3 amide bonds. The van der Waals surface area contributed by atoms with Crippen LogP contribution in [0.2, 0.25) is 0 Å². The number of nitrogens with one attached hydrogen (secondary N) is 1. The third-order valence-corrected chi connectivity index (χ3v) is 5.49. The van der Waals surface area contributed by atoms with Crippen LogP contribution in [0.3, 0.4) is 0 Å². The molecule has 2 aliphatic rings. The van der Waals surface area contributed by atoms with Crippen LogP contribution in [-0.4, -0.2) is 42.8 Å². The van der Waals surface area contributed by atoms with Gasteiger partial charge in [-0.1, -0.05) is 29.8 Å². The number of hydrogen-bond acceptors (Lipinski definition) is 3. The van der Waals surface area contributed by atoms with Crippen molar-refractivity contribution in [3.05, 3.63) is 59.4 Å². The number of benzene rings is 2. The number of carbonyl (C=O) groups is 2. The summed E-state index contributed by atoms with van der Waals surface area (Å²) in [5.41, 5.74) is 2.95. The molecular weight excluding hydrogens is 373 g/mol. The van der Waals surface area contributed by atoms with E-state index in [1.165, 1.54) is 34.2 Å². The Kier molecular flexibility index (Phi) is 5.38. The molecule has 2 aliphatic heterocycles. The van der Waals surface area contributed by atoms with E-state index in [0.717, 1.165) is 19.3 Å². The van der Waals surface area contributed by atoms with E-state index in [1.807, 2.05) is 6.92 Å². The van der Waals surface area contributed by atoms with Gasteiger partial charge in [0.1, 0.15) is 12.4 Å². The van der Waals surface area contributed by atoms with Crippen molar-refractivity contribution >= 4 is 23.5 Å². The quantitative estimate of drug-likeness (QED) is 0.835. The minimum Gasteiger partial charge on any atom is -0.447 e. The van der Waals surface area contributed by atoms with Crippen LogP contribution in [0.25, 0.3) is 0 Å². The first kappa shape index (κ1) is 19.2. The summed E-state index contributed by atoms with van der Waals surface area (Å²) in [5.74, 6) is -0.538. The van der Waals surface area contributed by atoms with Gasteiger partial charge in [-0.3, -0.25) is 4.90 Å². The summed E-state index contributed by atoms with van der Waals surface area (Å²) in [6.07, 6.45) is 2.15. The first-order valence-electron chi connectivity index (χ1n) is 9.88. The molecule has 4 rings (SSSR count). The molecule has 0 spiro atoms.